The molecule has 1 aliphatic rings. The molecule has 4 heteroatoms. The third-order valence-corrected chi connectivity index (χ3v) is 6.95. The Morgan fingerprint density at radius 2 is 1.39 bits per heavy atom. The van der Waals surface area contributed by atoms with E-state index < -0.39 is 0 Å². The van der Waals surface area contributed by atoms with Gasteiger partial charge in [-0.2, -0.15) is 0 Å². The number of aromatic hydroxyl groups is 2. The first-order chi connectivity index (χ1) is 17.6. The summed E-state index contributed by atoms with van der Waals surface area (Å²) in [6, 6.07) is 23.2. The lowest BCUT2D eigenvalue weighted by molar-refractivity contribution is 0.214. The van der Waals surface area contributed by atoms with Crippen LogP contribution in [0.1, 0.15) is 68.6 Å². The third-order valence-electron chi connectivity index (χ3n) is 6.95. The maximum atomic E-state index is 9.90. The van der Waals surface area contributed by atoms with E-state index in [0.717, 1.165) is 53.8 Å². The van der Waals surface area contributed by atoms with E-state index >= 15 is 0 Å². The average molecular weight is 486 g/mol. The van der Waals surface area contributed by atoms with Gasteiger partial charge in [0.05, 0.1) is 0 Å². The minimum atomic E-state index is 0.249. The van der Waals surface area contributed by atoms with Crippen molar-refractivity contribution in [1.29, 1.82) is 0 Å². The normalized spacial score (nSPS) is 14.2. The van der Waals surface area contributed by atoms with E-state index in [9.17, 15) is 10.2 Å². The average Bonchev–Trinajstić information content (AvgIpc) is 3.17. The van der Waals surface area contributed by atoms with Crippen LogP contribution in [0.2, 0.25) is 0 Å². The molecule has 0 spiro atoms. The summed E-state index contributed by atoms with van der Waals surface area (Å²) in [4.78, 5) is 2.52. The van der Waals surface area contributed by atoms with Gasteiger partial charge in [0.25, 0.3) is 0 Å². The summed E-state index contributed by atoms with van der Waals surface area (Å²) < 4.78 is 6.24. The quantitative estimate of drug-likeness (QED) is 0.292. The fraction of sp³-hybridized carbons (Fsp3) is 0.375. The molecule has 3 aromatic carbocycles. The molecule has 0 amide bonds. The number of allylic oxidation sites excluding steroid dienone is 1. The first-order valence-corrected chi connectivity index (χ1v) is 13.4. The number of rotatable bonds is 10. The van der Waals surface area contributed by atoms with Gasteiger partial charge in [0.1, 0.15) is 23.9 Å². The molecule has 0 radical (unpaired) electrons. The van der Waals surface area contributed by atoms with Crippen LogP contribution in [-0.2, 0) is 0 Å². The molecular formula is C32H39NO3. The van der Waals surface area contributed by atoms with Crippen LogP contribution in [0.5, 0.6) is 17.2 Å². The van der Waals surface area contributed by atoms with E-state index in [1.54, 1.807) is 24.3 Å². The Balaban J connectivity index is 1.66. The van der Waals surface area contributed by atoms with Gasteiger partial charge in [-0.1, -0.05) is 62.6 Å². The molecule has 1 heterocycles. The lowest BCUT2D eigenvalue weighted by Gasteiger charge is -2.20. The highest BCUT2D eigenvalue weighted by Gasteiger charge is 2.15. The zero-order valence-electron chi connectivity index (χ0n) is 21.5. The molecule has 190 valence electrons. The number of likely N-dealkylation sites (tertiary alicyclic amines) is 1. The Morgan fingerprint density at radius 3 is 1.97 bits per heavy atom. The lowest BCUT2D eigenvalue weighted by Crippen LogP contribution is -2.29. The van der Waals surface area contributed by atoms with Crippen molar-refractivity contribution in [3.05, 3.63) is 89.5 Å². The van der Waals surface area contributed by atoms with E-state index in [1.807, 2.05) is 30.3 Å². The molecule has 1 fully saturated rings. The summed E-state index contributed by atoms with van der Waals surface area (Å²) in [7, 11) is 0. The van der Waals surface area contributed by atoms with Crippen molar-refractivity contribution in [2.45, 2.75) is 51.9 Å². The van der Waals surface area contributed by atoms with Gasteiger partial charge >= 0.3 is 0 Å². The second-order valence-electron chi connectivity index (χ2n) is 9.68. The number of nitrogens with zero attached hydrogens (tertiary/aromatic N) is 1. The molecule has 4 nitrogen and oxygen atoms in total. The number of benzene rings is 3. The summed E-state index contributed by atoms with van der Waals surface area (Å²) in [5.74, 6) is 1.39. The number of hydrogen-bond donors (Lipinski definition) is 2. The second-order valence-corrected chi connectivity index (χ2v) is 9.68. The first kappa shape index (κ1) is 25.8. The Morgan fingerprint density at radius 1 is 0.778 bits per heavy atom. The van der Waals surface area contributed by atoms with Gasteiger partial charge in [0, 0.05) is 6.54 Å². The van der Waals surface area contributed by atoms with Crippen molar-refractivity contribution < 1.29 is 14.9 Å². The Bertz CT molecular complexity index is 1060. The van der Waals surface area contributed by atoms with E-state index in [0.29, 0.717) is 6.61 Å². The van der Waals surface area contributed by atoms with E-state index in [-0.39, 0.29) is 11.5 Å². The van der Waals surface area contributed by atoms with E-state index in [1.165, 1.54) is 44.3 Å². The molecule has 36 heavy (non-hydrogen) atoms. The Kier molecular flexibility index (Phi) is 9.46. The summed E-state index contributed by atoms with van der Waals surface area (Å²) in [5, 5.41) is 19.8. The summed E-state index contributed by atoms with van der Waals surface area (Å²) >= 11 is 0. The number of unbranched alkanes of at least 4 members (excludes halogenated alkanes) is 1. The molecule has 0 aliphatic carbocycles. The van der Waals surface area contributed by atoms with Crippen LogP contribution in [-0.4, -0.2) is 41.4 Å². The number of ether oxygens (including phenoxy) is 1. The summed E-state index contributed by atoms with van der Waals surface area (Å²) in [6.45, 7) is 6.22. The lowest BCUT2D eigenvalue weighted by atomic mass is 9.87. The molecule has 3 aromatic rings. The van der Waals surface area contributed by atoms with Crippen LogP contribution in [0.25, 0.3) is 11.1 Å². The van der Waals surface area contributed by atoms with Gasteiger partial charge in [0.2, 0.25) is 0 Å². The SMILES string of the molecule is CCCCC(=C(c1ccc(O)cc1)c1ccc(O)cc1)c1cccc(OCCN2CCCCCC2)c1. The van der Waals surface area contributed by atoms with Crippen molar-refractivity contribution >= 4 is 11.1 Å². The van der Waals surface area contributed by atoms with Crippen LogP contribution >= 0.6 is 0 Å². The zero-order valence-corrected chi connectivity index (χ0v) is 21.5. The Hall–Kier alpha value is -3.24. The minimum Gasteiger partial charge on any atom is -0.508 e. The van der Waals surface area contributed by atoms with Crippen LogP contribution in [0.15, 0.2) is 72.8 Å². The van der Waals surface area contributed by atoms with Gasteiger partial charge in [-0.25, -0.2) is 0 Å². The Labute approximate surface area is 215 Å². The standard InChI is InChI=1S/C32H39NO3/c1-2-3-11-31(32(25-12-16-28(34)17-13-25)26-14-18-29(35)19-15-26)27-9-8-10-30(24-27)36-23-22-33-20-6-4-5-7-21-33/h8-10,12-19,24,34-35H,2-7,11,20-23H2,1H3. The van der Waals surface area contributed by atoms with Crippen molar-refractivity contribution in [2.24, 2.45) is 0 Å². The van der Waals surface area contributed by atoms with Gasteiger partial charge < -0.3 is 14.9 Å². The van der Waals surface area contributed by atoms with E-state index in [2.05, 4.69) is 30.0 Å². The van der Waals surface area contributed by atoms with Gasteiger partial charge in [-0.05, 0) is 103 Å². The molecule has 1 saturated heterocycles. The number of phenolic OH excluding ortho intramolecular Hbond substituents is 2. The fourth-order valence-corrected chi connectivity index (χ4v) is 4.96. The van der Waals surface area contributed by atoms with Crippen molar-refractivity contribution in [2.75, 3.05) is 26.2 Å². The monoisotopic (exact) mass is 485 g/mol. The van der Waals surface area contributed by atoms with Gasteiger partial charge in [0.15, 0.2) is 0 Å². The highest BCUT2D eigenvalue weighted by Crippen LogP contribution is 2.37. The first-order valence-electron chi connectivity index (χ1n) is 13.4. The molecule has 0 bridgehead atoms. The van der Waals surface area contributed by atoms with Crippen LogP contribution in [0, 0.1) is 0 Å². The van der Waals surface area contributed by atoms with Gasteiger partial charge in [-0.15, -0.1) is 0 Å². The summed E-state index contributed by atoms with van der Waals surface area (Å²) in [5.41, 5.74) is 5.58. The molecule has 0 saturated carbocycles. The molecule has 0 aromatic heterocycles. The molecular weight excluding hydrogens is 446 g/mol. The molecule has 0 unspecified atom stereocenters. The highest BCUT2D eigenvalue weighted by atomic mass is 16.5. The van der Waals surface area contributed by atoms with Crippen LogP contribution < -0.4 is 4.74 Å². The molecule has 2 N–H and O–H groups in total. The van der Waals surface area contributed by atoms with Crippen LogP contribution in [0.3, 0.4) is 0 Å². The maximum absolute atomic E-state index is 9.90. The van der Waals surface area contributed by atoms with E-state index in [4.69, 9.17) is 4.74 Å². The number of hydrogen-bond acceptors (Lipinski definition) is 4. The van der Waals surface area contributed by atoms with Crippen LogP contribution in [0.4, 0.5) is 0 Å². The minimum absolute atomic E-state index is 0.249. The molecule has 4 rings (SSSR count). The van der Waals surface area contributed by atoms with Gasteiger partial charge in [-0.3, -0.25) is 4.90 Å². The maximum Gasteiger partial charge on any atom is 0.119 e. The summed E-state index contributed by atoms with van der Waals surface area (Å²) in [6.07, 6.45) is 8.35. The predicted octanol–water partition coefficient (Wildman–Crippen LogP) is 7.50. The van der Waals surface area contributed by atoms with Crippen molar-refractivity contribution in [3.8, 4) is 17.2 Å². The molecule has 1 aliphatic heterocycles. The third kappa shape index (κ3) is 7.14. The van der Waals surface area contributed by atoms with Crippen molar-refractivity contribution in [1.82, 2.24) is 4.90 Å². The topological polar surface area (TPSA) is 52.9 Å². The highest BCUT2D eigenvalue weighted by molar-refractivity contribution is 5.98. The second kappa shape index (κ2) is 13.2. The zero-order chi connectivity index (χ0) is 25.2. The fourth-order valence-electron chi connectivity index (χ4n) is 4.96. The largest absolute Gasteiger partial charge is 0.508 e. The predicted molar refractivity (Wildman–Crippen MR) is 148 cm³/mol. The smallest absolute Gasteiger partial charge is 0.119 e. The van der Waals surface area contributed by atoms with Crippen molar-refractivity contribution in [3.63, 3.8) is 0 Å². The molecule has 0 atom stereocenters. The number of phenols is 2.